The van der Waals surface area contributed by atoms with Crippen molar-refractivity contribution in [3.8, 4) is 0 Å². The molecule has 0 fully saturated rings. The van der Waals surface area contributed by atoms with Crippen LogP contribution in [0.4, 0.5) is 0 Å². The largest absolute Gasteiger partial charge is 0.351 e. The summed E-state index contributed by atoms with van der Waals surface area (Å²) in [6.07, 6.45) is 0. The van der Waals surface area contributed by atoms with Gasteiger partial charge in [-0.25, -0.2) is 0 Å². The monoisotopic (exact) mass is 339 g/mol. The third-order valence-corrected chi connectivity index (χ3v) is 3.83. The summed E-state index contributed by atoms with van der Waals surface area (Å²) in [5.74, 6) is -0.269. The lowest BCUT2D eigenvalue weighted by molar-refractivity contribution is 0.0785. The van der Waals surface area contributed by atoms with E-state index in [1.54, 1.807) is 36.2 Å². The molecule has 2 aromatic carbocycles. The van der Waals surface area contributed by atoms with Crippen LogP contribution >= 0.6 is 0 Å². The molecular weight excluding hydrogens is 314 g/mol. The summed E-state index contributed by atoms with van der Waals surface area (Å²) in [6.45, 7) is 1.86. The molecule has 0 atom stereocenters. The number of nitrogens with one attached hydrogen (secondary N) is 1. The van der Waals surface area contributed by atoms with Crippen LogP contribution in [0.5, 0.6) is 0 Å². The van der Waals surface area contributed by atoms with E-state index in [0.717, 1.165) is 12.1 Å². The van der Waals surface area contributed by atoms with E-state index < -0.39 is 0 Å². The zero-order valence-electron chi connectivity index (χ0n) is 15.0. The molecule has 0 bridgehead atoms. The van der Waals surface area contributed by atoms with E-state index in [-0.39, 0.29) is 11.8 Å². The van der Waals surface area contributed by atoms with Crippen molar-refractivity contribution in [2.75, 3.05) is 34.2 Å². The highest BCUT2D eigenvalue weighted by Gasteiger charge is 2.14. The first kappa shape index (κ1) is 18.7. The first-order valence-corrected chi connectivity index (χ1v) is 8.30. The molecule has 0 aliphatic rings. The van der Waals surface area contributed by atoms with E-state index in [4.69, 9.17) is 0 Å². The number of likely N-dealkylation sites (N-methyl/N-ethyl adjacent to an activating group) is 1. The van der Waals surface area contributed by atoms with E-state index in [9.17, 15) is 9.59 Å². The highest BCUT2D eigenvalue weighted by Crippen LogP contribution is 2.11. The minimum Gasteiger partial charge on any atom is -0.351 e. The topological polar surface area (TPSA) is 52.7 Å². The Morgan fingerprint density at radius 1 is 0.920 bits per heavy atom. The summed E-state index contributed by atoms with van der Waals surface area (Å²) in [6, 6.07) is 16.7. The Bertz CT molecular complexity index is 714. The second-order valence-corrected chi connectivity index (χ2v) is 6.29. The van der Waals surface area contributed by atoms with Gasteiger partial charge in [0.25, 0.3) is 11.8 Å². The highest BCUT2D eigenvalue weighted by molar-refractivity contribution is 5.99. The minimum atomic E-state index is -0.165. The van der Waals surface area contributed by atoms with Crippen molar-refractivity contribution >= 4 is 11.8 Å². The van der Waals surface area contributed by atoms with Crippen molar-refractivity contribution < 1.29 is 9.59 Å². The van der Waals surface area contributed by atoms with Gasteiger partial charge in [0.2, 0.25) is 0 Å². The van der Waals surface area contributed by atoms with Crippen LogP contribution < -0.4 is 5.32 Å². The number of nitrogens with zero attached hydrogens (tertiary/aromatic N) is 2. The lowest BCUT2D eigenvalue weighted by Gasteiger charge is -2.18. The Labute approximate surface area is 149 Å². The third-order valence-electron chi connectivity index (χ3n) is 3.83. The third kappa shape index (κ3) is 5.72. The van der Waals surface area contributed by atoms with Gasteiger partial charge in [-0.1, -0.05) is 36.4 Å². The SMILES string of the molecule is CN(C)CCNC(=O)c1cccc(C(=O)N(C)Cc2ccccc2)c1. The van der Waals surface area contributed by atoms with Crippen LogP contribution in [0.25, 0.3) is 0 Å². The molecule has 5 nitrogen and oxygen atoms in total. The van der Waals surface area contributed by atoms with Gasteiger partial charge in [-0.15, -0.1) is 0 Å². The second-order valence-electron chi connectivity index (χ2n) is 6.29. The Hall–Kier alpha value is -2.66. The van der Waals surface area contributed by atoms with E-state index in [2.05, 4.69) is 5.32 Å². The van der Waals surface area contributed by atoms with Crippen LogP contribution in [0.2, 0.25) is 0 Å². The Balaban J connectivity index is 2.01. The molecule has 0 heterocycles. The maximum atomic E-state index is 12.6. The molecule has 0 aliphatic carbocycles. The smallest absolute Gasteiger partial charge is 0.253 e. The van der Waals surface area contributed by atoms with Gasteiger partial charge in [0, 0.05) is 37.8 Å². The predicted molar refractivity (Wildman–Crippen MR) is 99.6 cm³/mol. The molecule has 0 saturated carbocycles. The van der Waals surface area contributed by atoms with Gasteiger partial charge in [-0.05, 0) is 37.9 Å². The lowest BCUT2D eigenvalue weighted by atomic mass is 10.1. The molecule has 0 saturated heterocycles. The van der Waals surface area contributed by atoms with Gasteiger partial charge >= 0.3 is 0 Å². The zero-order valence-corrected chi connectivity index (χ0v) is 15.0. The summed E-state index contributed by atoms with van der Waals surface area (Å²) in [4.78, 5) is 28.5. The summed E-state index contributed by atoms with van der Waals surface area (Å²) in [5.41, 5.74) is 2.08. The number of benzene rings is 2. The standard InChI is InChI=1S/C20H25N3O2/c1-22(2)13-12-21-19(24)17-10-7-11-18(14-17)20(25)23(3)15-16-8-5-4-6-9-16/h4-11,14H,12-13,15H2,1-3H3,(H,21,24). The number of hydrogen-bond acceptors (Lipinski definition) is 3. The van der Waals surface area contributed by atoms with Crippen LogP contribution in [0.1, 0.15) is 26.3 Å². The van der Waals surface area contributed by atoms with E-state index in [1.807, 2.05) is 49.3 Å². The predicted octanol–water partition coefficient (Wildman–Crippen LogP) is 2.25. The Morgan fingerprint density at radius 2 is 1.60 bits per heavy atom. The van der Waals surface area contributed by atoms with Crippen molar-refractivity contribution in [1.82, 2.24) is 15.1 Å². The molecule has 0 aromatic heterocycles. The molecule has 132 valence electrons. The molecule has 0 radical (unpaired) electrons. The van der Waals surface area contributed by atoms with Crippen LogP contribution in [-0.2, 0) is 6.54 Å². The van der Waals surface area contributed by atoms with Crippen molar-refractivity contribution in [3.63, 3.8) is 0 Å². The molecule has 2 aromatic rings. The Kier molecular flexibility index (Phi) is 6.71. The van der Waals surface area contributed by atoms with Gasteiger partial charge in [-0.2, -0.15) is 0 Å². The maximum absolute atomic E-state index is 12.6. The first-order chi connectivity index (χ1) is 12.0. The molecule has 2 rings (SSSR count). The summed E-state index contributed by atoms with van der Waals surface area (Å²) < 4.78 is 0. The molecular formula is C20H25N3O2. The fraction of sp³-hybridized carbons (Fsp3) is 0.300. The molecule has 1 N–H and O–H groups in total. The van der Waals surface area contributed by atoms with Crippen LogP contribution in [-0.4, -0.2) is 55.8 Å². The van der Waals surface area contributed by atoms with Crippen molar-refractivity contribution in [2.24, 2.45) is 0 Å². The number of carbonyl (C=O) groups excluding carboxylic acids is 2. The lowest BCUT2D eigenvalue weighted by Crippen LogP contribution is -2.31. The van der Waals surface area contributed by atoms with Gasteiger partial charge in [0.05, 0.1) is 0 Å². The average Bonchev–Trinajstić information content (AvgIpc) is 2.61. The second kappa shape index (κ2) is 8.99. The highest BCUT2D eigenvalue weighted by atomic mass is 16.2. The summed E-state index contributed by atoms with van der Waals surface area (Å²) >= 11 is 0. The van der Waals surface area contributed by atoms with E-state index in [1.165, 1.54) is 0 Å². The summed E-state index contributed by atoms with van der Waals surface area (Å²) in [7, 11) is 5.67. The van der Waals surface area contributed by atoms with Gasteiger partial charge in [0.1, 0.15) is 0 Å². The quantitative estimate of drug-likeness (QED) is 0.842. The fourth-order valence-corrected chi connectivity index (χ4v) is 2.44. The normalized spacial score (nSPS) is 10.6. The zero-order chi connectivity index (χ0) is 18.2. The van der Waals surface area contributed by atoms with Crippen molar-refractivity contribution in [3.05, 3.63) is 71.3 Å². The van der Waals surface area contributed by atoms with Gasteiger partial charge in [-0.3, -0.25) is 9.59 Å². The van der Waals surface area contributed by atoms with Crippen molar-refractivity contribution in [1.29, 1.82) is 0 Å². The van der Waals surface area contributed by atoms with E-state index in [0.29, 0.717) is 24.2 Å². The van der Waals surface area contributed by atoms with Crippen LogP contribution in [0, 0.1) is 0 Å². The average molecular weight is 339 g/mol. The van der Waals surface area contributed by atoms with Crippen LogP contribution in [0.15, 0.2) is 54.6 Å². The van der Waals surface area contributed by atoms with Gasteiger partial charge in [0.15, 0.2) is 0 Å². The van der Waals surface area contributed by atoms with Crippen molar-refractivity contribution in [2.45, 2.75) is 6.54 Å². The molecule has 5 heteroatoms. The first-order valence-electron chi connectivity index (χ1n) is 8.30. The minimum absolute atomic E-state index is 0.105. The maximum Gasteiger partial charge on any atom is 0.253 e. The molecule has 25 heavy (non-hydrogen) atoms. The van der Waals surface area contributed by atoms with Crippen LogP contribution in [0.3, 0.4) is 0 Å². The summed E-state index contributed by atoms with van der Waals surface area (Å²) in [5, 5.41) is 2.86. The molecule has 0 spiro atoms. The number of hydrogen-bond donors (Lipinski definition) is 1. The van der Waals surface area contributed by atoms with E-state index >= 15 is 0 Å². The molecule has 0 unspecified atom stereocenters. The number of amides is 2. The molecule has 0 aliphatic heterocycles. The Morgan fingerprint density at radius 3 is 2.28 bits per heavy atom. The number of rotatable bonds is 7. The van der Waals surface area contributed by atoms with Gasteiger partial charge < -0.3 is 15.1 Å². The molecule has 2 amide bonds. The number of carbonyl (C=O) groups is 2. The fourth-order valence-electron chi connectivity index (χ4n) is 2.44.